The van der Waals surface area contributed by atoms with E-state index in [0.29, 0.717) is 11.1 Å². The Balaban J connectivity index is 1.39. The van der Waals surface area contributed by atoms with Crippen molar-refractivity contribution in [3.8, 4) is 11.5 Å². The first-order valence-corrected chi connectivity index (χ1v) is 13.8. The minimum atomic E-state index is -0.386. The number of aromatic hydroxyl groups is 2. The molecule has 5 rings (SSSR count). The summed E-state index contributed by atoms with van der Waals surface area (Å²) in [6, 6.07) is 38.3. The van der Waals surface area contributed by atoms with Crippen molar-refractivity contribution >= 4 is 28.4 Å². The minimum absolute atomic E-state index is 0.0279. The molecule has 0 aliphatic carbocycles. The fourth-order valence-corrected chi connectivity index (χ4v) is 6.93. The van der Waals surface area contributed by atoms with Crippen molar-refractivity contribution in [3.05, 3.63) is 138 Å². The number of phenolic OH excluding ortho intramolecular Hbond substituents is 2. The van der Waals surface area contributed by atoms with E-state index in [-0.39, 0.29) is 28.2 Å². The average molecular weight is 522 g/mol. The quantitative estimate of drug-likeness (QED) is 0.169. The number of carbonyl (C=O) groups is 1. The highest BCUT2D eigenvalue weighted by Crippen LogP contribution is 2.36. The van der Waals surface area contributed by atoms with Crippen molar-refractivity contribution in [2.45, 2.75) is 31.4 Å². The Hall–Kier alpha value is -3.93. The molecule has 0 aliphatic heterocycles. The van der Waals surface area contributed by atoms with Crippen LogP contribution in [0.25, 0.3) is 0 Å². The van der Waals surface area contributed by atoms with Crippen LogP contribution in [0.15, 0.2) is 146 Å². The van der Waals surface area contributed by atoms with Gasteiger partial charge in [0, 0.05) is 20.9 Å². The molecule has 0 unspecified atom stereocenters. The molecule has 37 heavy (non-hydrogen) atoms. The Labute approximate surface area is 223 Å². The van der Waals surface area contributed by atoms with Crippen LogP contribution in [-0.4, -0.2) is 16.0 Å². The van der Waals surface area contributed by atoms with Crippen molar-refractivity contribution in [1.82, 2.24) is 0 Å². The Bertz CT molecular complexity index is 1470. The van der Waals surface area contributed by atoms with Gasteiger partial charge >= 0.3 is 0 Å². The van der Waals surface area contributed by atoms with Gasteiger partial charge in [0.2, 0.25) is 0 Å². The summed E-state index contributed by atoms with van der Waals surface area (Å²) in [6.45, 7) is 2.03. The van der Waals surface area contributed by atoms with E-state index in [4.69, 9.17) is 0 Å². The molecule has 0 saturated heterocycles. The van der Waals surface area contributed by atoms with Gasteiger partial charge in [-0.25, -0.2) is 0 Å². The Morgan fingerprint density at radius 1 is 0.622 bits per heavy atom. The van der Waals surface area contributed by atoms with E-state index >= 15 is 0 Å². The average Bonchev–Trinajstić information content (AvgIpc) is 2.93. The molecule has 5 aromatic rings. The van der Waals surface area contributed by atoms with Crippen LogP contribution < -0.4 is 0 Å². The first-order chi connectivity index (χ1) is 18.0. The topological polar surface area (TPSA) is 57.5 Å². The van der Waals surface area contributed by atoms with Crippen LogP contribution in [0, 0.1) is 6.92 Å². The molecular weight excluding hydrogens is 496 g/mol. The predicted octanol–water partition coefficient (Wildman–Crippen LogP) is 7.88. The van der Waals surface area contributed by atoms with Crippen molar-refractivity contribution in [1.29, 1.82) is 0 Å². The molecule has 0 amide bonds. The highest BCUT2D eigenvalue weighted by atomic mass is 32.2. The monoisotopic (exact) mass is 521 g/mol. The number of rotatable bonds is 7. The van der Waals surface area contributed by atoms with Crippen LogP contribution in [0.2, 0.25) is 0 Å². The molecule has 0 aliphatic rings. The molecular formula is C32H25O3S2+. The molecule has 0 atom stereocenters. The molecule has 0 aromatic heterocycles. The van der Waals surface area contributed by atoms with Gasteiger partial charge in [-0.3, -0.25) is 4.79 Å². The normalized spacial score (nSPS) is 11.0. The molecule has 0 radical (unpaired) electrons. The number of aryl methyl sites for hydroxylation is 1. The molecule has 182 valence electrons. The van der Waals surface area contributed by atoms with Gasteiger partial charge in [0.1, 0.15) is 11.5 Å². The minimum Gasteiger partial charge on any atom is -0.508 e. The number of phenols is 2. The van der Waals surface area contributed by atoms with Crippen LogP contribution in [0.1, 0.15) is 21.5 Å². The van der Waals surface area contributed by atoms with E-state index in [1.807, 2.05) is 79.7 Å². The van der Waals surface area contributed by atoms with E-state index in [9.17, 15) is 15.0 Å². The highest BCUT2D eigenvalue weighted by molar-refractivity contribution is 7.99. The molecule has 0 spiro atoms. The van der Waals surface area contributed by atoms with Crippen molar-refractivity contribution in [3.63, 3.8) is 0 Å². The van der Waals surface area contributed by atoms with Gasteiger partial charge in [-0.15, -0.1) is 0 Å². The molecule has 0 saturated carbocycles. The standard InChI is InChI=1S/C32H24O3S2/c1-22-21-24(32(35)23-5-3-2-4-6-23)7-20-31(22)36-27-12-18-30(19-13-27)37(28-14-8-25(33)9-15-28)29-16-10-26(34)11-17-29/h2-21H,1H3,(H-,33,34)/p+1. The van der Waals surface area contributed by atoms with Crippen molar-refractivity contribution in [2.24, 2.45) is 0 Å². The predicted molar refractivity (Wildman–Crippen MR) is 150 cm³/mol. The second kappa shape index (κ2) is 11.0. The molecule has 3 nitrogen and oxygen atoms in total. The van der Waals surface area contributed by atoms with Gasteiger partial charge in [0.25, 0.3) is 0 Å². The lowest BCUT2D eigenvalue weighted by Gasteiger charge is -2.10. The van der Waals surface area contributed by atoms with E-state index < -0.39 is 0 Å². The van der Waals surface area contributed by atoms with Crippen LogP contribution in [0.3, 0.4) is 0 Å². The van der Waals surface area contributed by atoms with Gasteiger partial charge in [0.15, 0.2) is 20.5 Å². The third-order valence-corrected chi connectivity index (χ3v) is 9.32. The van der Waals surface area contributed by atoms with Crippen LogP contribution in [0.5, 0.6) is 11.5 Å². The summed E-state index contributed by atoms with van der Waals surface area (Å²) < 4.78 is 0. The largest absolute Gasteiger partial charge is 0.508 e. The Morgan fingerprint density at radius 3 is 1.65 bits per heavy atom. The fourth-order valence-electron chi connectivity index (χ4n) is 4.00. The maximum absolute atomic E-state index is 12.8. The SMILES string of the molecule is Cc1cc(C(=O)c2ccccc2)ccc1Sc1ccc([S+](c2ccc(O)cc2)c2ccc(O)cc2)cc1. The van der Waals surface area contributed by atoms with Crippen molar-refractivity contribution in [2.75, 3.05) is 0 Å². The summed E-state index contributed by atoms with van der Waals surface area (Å²) in [5, 5.41) is 19.5. The number of hydrogen-bond donors (Lipinski definition) is 2. The van der Waals surface area contributed by atoms with E-state index in [2.05, 4.69) is 24.3 Å². The first-order valence-electron chi connectivity index (χ1n) is 11.8. The van der Waals surface area contributed by atoms with E-state index in [0.717, 1.165) is 30.0 Å². The number of benzene rings is 5. The van der Waals surface area contributed by atoms with Gasteiger partial charge < -0.3 is 10.2 Å². The second-order valence-electron chi connectivity index (χ2n) is 8.54. The van der Waals surface area contributed by atoms with Crippen LogP contribution in [-0.2, 0) is 10.9 Å². The number of hydrogen-bond acceptors (Lipinski definition) is 4. The lowest BCUT2D eigenvalue weighted by atomic mass is 10.0. The fraction of sp³-hybridized carbons (Fsp3) is 0.0312. The smallest absolute Gasteiger partial charge is 0.193 e. The second-order valence-corrected chi connectivity index (χ2v) is 11.7. The third-order valence-electron chi connectivity index (χ3n) is 5.91. The van der Waals surface area contributed by atoms with Gasteiger partial charge in [0.05, 0.1) is 10.9 Å². The highest BCUT2D eigenvalue weighted by Gasteiger charge is 2.28. The van der Waals surface area contributed by atoms with Gasteiger partial charge in [-0.1, -0.05) is 42.1 Å². The number of carbonyl (C=O) groups excluding carboxylic acids is 1. The summed E-state index contributed by atoms with van der Waals surface area (Å²) in [5.74, 6) is 0.494. The van der Waals surface area contributed by atoms with E-state index in [1.54, 1.807) is 36.0 Å². The molecule has 5 heteroatoms. The Kier molecular flexibility index (Phi) is 7.35. The van der Waals surface area contributed by atoms with Crippen LogP contribution >= 0.6 is 11.8 Å². The maximum atomic E-state index is 12.8. The van der Waals surface area contributed by atoms with Crippen LogP contribution in [0.4, 0.5) is 0 Å². The maximum Gasteiger partial charge on any atom is 0.193 e. The lowest BCUT2D eigenvalue weighted by Crippen LogP contribution is -2.04. The van der Waals surface area contributed by atoms with Crippen molar-refractivity contribution < 1.29 is 15.0 Å². The van der Waals surface area contributed by atoms with Gasteiger partial charge in [-0.2, -0.15) is 0 Å². The molecule has 5 aromatic carbocycles. The Morgan fingerprint density at radius 2 is 1.14 bits per heavy atom. The molecule has 0 bridgehead atoms. The van der Waals surface area contributed by atoms with Gasteiger partial charge in [-0.05, 0) is 103 Å². The summed E-state index contributed by atoms with van der Waals surface area (Å²) in [5.41, 5.74) is 2.44. The third kappa shape index (κ3) is 5.74. The summed E-state index contributed by atoms with van der Waals surface area (Å²) in [7, 11) is -0.386. The molecule has 2 N–H and O–H groups in total. The lowest BCUT2D eigenvalue weighted by molar-refractivity contribution is 0.103. The molecule has 0 heterocycles. The summed E-state index contributed by atoms with van der Waals surface area (Å²) in [4.78, 5) is 18.3. The summed E-state index contributed by atoms with van der Waals surface area (Å²) >= 11 is 1.67. The number of ketones is 1. The zero-order valence-corrected chi connectivity index (χ0v) is 21.8. The zero-order chi connectivity index (χ0) is 25.8. The molecule has 0 fully saturated rings. The van der Waals surface area contributed by atoms with E-state index in [1.165, 1.54) is 0 Å². The first kappa shape index (κ1) is 24.8. The summed E-state index contributed by atoms with van der Waals surface area (Å²) in [6.07, 6.45) is 0. The zero-order valence-electron chi connectivity index (χ0n) is 20.2.